The standard InChI is InChI=1S/C13H16BrN3OS/c14-9-6-10(19-7-9)11-16-12(18-17-11)13(8-15)4-2-1-3-5-13/h6-7H,1-5,8,15H2. The van der Waals surface area contributed by atoms with Gasteiger partial charge in [0.25, 0.3) is 0 Å². The molecular formula is C13H16BrN3OS. The van der Waals surface area contributed by atoms with Crippen LogP contribution in [0.3, 0.4) is 0 Å². The first-order chi connectivity index (χ1) is 9.23. The molecule has 0 aromatic carbocycles. The number of nitrogens with two attached hydrogens (primary N) is 1. The number of thiophene rings is 1. The highest BCUT2D eigenvalue weighted by Crippen LogP contribution is 2.39. The van der Waals surface area contributed by atoms with Crippen LogP contribution in [0.15, 0.2) is 20.4 Å². The van der Waals surface area contributed by atoms with E-state index in [1.165, 1.54) is 19.3 Å². The molecule has 1 aliphatic rings. The molecule has 4 nitrogen and oxygen atoms in total. The van der Waals surface area contributed by atoms with Crippen molar-refractivity contribution in [3.05, 3.63) is 21.8 Å². The molecule has 3 rings (SSSR count). The van der Waals surface area contributed by atoms with E-state index in [0.29, 0.717) is 18.3 Å². The van der Waals surface area contributed by atoms with E-state index >= 15 is 0 Å². The van der Waals surface area contributed by atoms with Crippen LogP contribution in [0.2, 0.25) is 0 Å². The second-order valence-electron chi connectivity index (χ2n) is 5.10. The Labute approximate surface area is 124 Å². The molecule has 1 saturated carbocycles. The number of rotatable bonds is 3. The molecule has 0 aliphatic heterocycles. The molecule has 0 spiro atoms. The number of hydrogen-bond donors (Lipinski definition) is 1. The molecule has 1 aliphatic carbocycles. The number of hydrogen-bond acceptors (Lipinski definition) is 5. The Balaban J connectivity index is 1.91. The maximum absolute atomic E-state index is 5.99. The lowest BCUT2D eigenvalue weighted by molar-refractivity contribution is 0.220. The zero-order chi connectivity index (χ0) is 13.3. The summed E-state index contributed by atoms with van der Waals surface area (Å²) in [6, 6.07) is 2.01. The molecule has 102 valence electrons. The second-order valence-corrected chi connectivity index (χ2v) is 6.92. The van der Waals surface area contributed by atoms with Crippen LogP contribution in [0, 0.1) is 0 Å². The minimum atomic E-state index is -0.0992. The van der Waals surface area contributed by atoms with Gasteiger partial charge >= 0.3 is 0 Å². The van der Waals surface area contributed by atoms with Crippen molar-refractivity contribution in [1.82, 2.24) is 10.1 Å². The van der Waals surface area contributed by atoms with Crippen LogP contribution in [0.4, 0.5) is 0 Å². The summed E-state index contributed by atoms with van der Waals surface area (Å²) in [6.45, 7) is 0.586. The molecule has 2 aromatic heterocycles. The van der Waals surface area contributed by atoms with E-state index in [2.05, 4.69) is 26.1 Å². The van der Waals surface area contributed by atoms with Crippen LogP contribution >= 0.6 is 27.3 Å². The van der Waals surface area contributed by atoms with Crippen molar-refractivity contribution < 1.29 is 4.52 Å². The summed E-state index contributed by atoms with van der Waals surface area (Å²) in [6.07, 6.45) is 5.78. The van der Waals surface area contributed by atoms with Gasteiger partial charge in [-0.3, -0.25) is 0 Å². The zero-order valence-electron chi connectivity index (χ0n) is 10.6. The smallest absolute Gasteiger partial charge is 0.234 e. The van der Waals surface area contributed by atoms with E-state index in [9.17, 15) is 0 Å². The van der Waals surface area contributed by atoms with Crippen molar-refractivity contribution in [2.45, 2.75) is 37.5 Å². The van der Waals surface area contributed by atoms with Gasteiger partial charge in [0.1, 0.15) is 0 Å². The van der Waals surface area contributed by atoms with Gasteiger partial charge in [-0.05, 0) is 34.8 Å². The van der Waals surface area contributed by atoms with Crippen LogP contribution in [-0.2, 0) is 5.41 Å². The molecule has 19 heavy (non-hydrogen) atoms. The molecule has 2 N–H and O–H groups in total. The lowest BCUT2D eigenvalue weighted by atomic mass is 9.74. The number of aromatic nitrogens is 2. The van der Waals surface area contributed by atoms with E-state index in [4.69, 9.17) is 10.3 Å². The Morgan fingerprint density at radius 2 is 2.16 bits per heavy atom. The Hall–Kier alpha value is -0.720. The summed E-state index contributed by atoms with van der Waals surface area (Å²) >= 11 is 5.05. The normalized spacial score (nSPS) is 18.6. The summed E-state index contributed by atoms with van der Waals surface area (Å²) in [5.41, 5.74) is 5.89. The SMILES string of the molecule is NCC1(c2nc(-c3cc(Br)cs3)no2)CCCCC1. The third-order valence-corrected chi connectivity index (χ3v) is 5.56. The highest BCUT2D eigenvalue weighted by atomic mass is 79.9. The third-order valence-electron chi connectivity index (χ3n) is 3.87. The summed E-state index contributed by atoms with van der Waals surface area (Å²) < 4.78 is 6.56. The summed E-state index contributed by atoms with van der Waals surface area (Å²) in [5, 5.41) is 6.13. The summed E-state index contributed by atoms with van der Waals surface area (Å²) in [4.78, 5) is 5.61. The average molecular weight is 342 g/mol. The molecule has 0 radical (unpaired) electrons. The van der Waals surface area contributed by atoms with Crippen molar-refractivity contribution in [2.75, 3.05) is 6.54 Å². The summed E-state index contributed by atoms with van der Waals surface area (Å²) in [7, 11) is 0. The topological polar surface area (TPSA) is 64.9 Å². The van der Waals surface area contributed by atoms with Gasteiger partial charge in [0.2, 0.25) is 11.7 Å². The molecule has 0 bridgehead atoms. The fourth-order valence-electron chi connectivity index (χ4n) is 2.70. The van der Waals surface area contributed by atoms with Gasteiger partial charge in [-0.15, -0.1) is 11.3 Å². The van der Waals surface area contributed by atoms with Gasteiger partial charge in [-0.2, -0.15) is 4.98 Å². The van der Waals surface area contributed by atoms with Gasteiger partial charge in [0, 0.05) is 16.4 Å². The Kier molecular flexibility index (Phi) is 3.73. The van der Waals surface area contributed by atoms with E-state index in [1.54, 1.807) is 11.3 Å². The van der Waals surface area contributed by atoms with Gasteiger partial charge in [0.15, 0.2) is 0 Å². The van der Waals surface area contributed by atoms with Gasteiger partial charge in [-0.1, -0.05) is 24.4 Å². The number of nitrogens with zero attached hydrogens (tertiary/aromatic N) is 2. The maximum Gasteiger partial charge on any atom is 0.234 e. The quantitative estimate of drug-likeness (QED) is 0.923. The molecule has 2 heterocycles. The Morgan fingerprint density at radius 3 is 2.79 bits per heavy atom. The maximum atomic E-state index is 5.99. The molecule has 0 saturated heterocycles. The van der Waals surface area contributed by atoms with E-state index < -0.39 is 0 Å². The fraction of sp³-hybridized carbons (Fsp3) is 0.538. The average Bonchev–Trinajstić information content (AvgIpc) is 3.08. The Bertz CT molecular complexity index is 560. The molecule has 2 aromatic rings. The van der Waals surface area contributed by atoms with Crippen molar-refractivity contribution in [3.63, 3.8) is 0 Å². The van der Waals surface area contributed by atoms with Crippen LogP contribution in [0.1, 0.15) is 38.0 Å². The van der Waals surface area contributed by atoms with Crippen LogP contribution in [-0.4, -0.2) is 16.7 Å². The van der Waals surface area contributed by atoms with E-state index in [0.717, 1.165) is 22.2 Å². The lowest BCUT2D eigenvalue weighted by Crippen LogP contribution is -2.37. The zero-order valence-corrected chi connectivity index (χ0v) is 13.0. The molecular weight excluding hydrogens is 326 g/mol. The fourth-order valence-corrected chi connectivity index (χ4v) is 4.05. The van der Waals surface area contributed by atoms with Crippen molar-refractivity contribution in [3.8, 4) is 10.7 Å². The molecule has 0 unspecified atom stereocenters. The first-order valence-corrected chi connectivity index (χ1v) is 8.19. The van der Waals surface area contributed by atoms with E-state index in [-0.39, 0.29) is 5.41 Å². The first-order valence-electron chi connectivity index (χ1n) is 6.52. The second kappa shape index (κ2) is 5.34. The predicted molar refractivity (Wildman–Crippen MR) is 79.1 cm³/mol. The minimum Gasteiger partial charge on any atom is -0.338 e. The molecule has 0 atom stereocenters. The monoisotopic (exact) mass is 341 g/mol. The first kappa shape index (κ1) is 13.3. The van der Waals surface area contributed by atoms with Crippen LogP contribution < -0.4 is 5.73 Å². The third kappa shape index (κ3) is 2.49. The van der Waals surface area contributed by atoms with Crippen LogP contribution in [0.5, 0.6) is 0 Å². The highest BCUT2D eigenvalue weighted by Gasteiger charge is 2.38. The lowest BCUT2D eigenvalue weighted by Gasteiger charge is -2.32. The van der Waals surface area contributed by atoms with Crippen molar-refractivity contribution >= 4 is 27.3 Å². The Morgan fingerprint density at radius 1 is 1.37 bits per heavy atom. The summed E-state index contributed by atoms with van der Waals surface area (Å²) in [5.74, 6) is 1.39. The molecule has 0 amide bonds. The largest absolute Gasteiger partial charge is 0.338 e. The van der Waals surface area contributed by atoms with Gasteiger partial charge in [0.05, 0.1) is 10.3 Å². The van der Waals surface area contributed by atoms with Crippen molar-refractivity contribution in [1.29, 1.82) is 0 Å². The molecule has 1 fully saturated rings. The van der Waals surface area contributed by atoms with Gasteiger partial charge < -0.3 is 10.3 Å². The number of halogens is 1. The van der Waals surface area contributed by atoms with Crippen molar-refractivity contribution in [2.24, 2.45) is 5.73 Å². The highest BCUT2D eigenvalue weighted by molar-refractivity contribution is 9.10. The van der Waals surface area contributed by atoms with Crippen LogP contribution in [0.25, 0.3) is 10.7 Å². The van der Waals surface area contributed by atoms with Gasteiger partial charge in [-0.25, -0.2) is 0 Å². The predicted octanol–water partition coefficient (Wildman–Crippen LogP) is 3.72. The van der Waals surface area contributed by atoms with E-state index in [1.807, 2.05) is 11.4 Å². The molecule has 6 heteroatoms. The minimum absolute atomic E-state index is 0.0992.